The number of nitrogens with zero attached hydrogens (tertiary/aromatic N) is 1. The fourth-order valence-corrected chi connectivity index (χ4v) is 1.31. The molecule has 86 valence electrons. The van der Waals surface area contributed by atoms with Crippen molar-refractivity contribution in [1.82, 2.24) is 0 Å². The Hall–Kier alpha value is -2.33. The number of anilines is 1. The summed E-state index contributed by atoms with van der Waals surface area (Å²) in [5.41, 5.74) is 0.418. The molecule has 0 aliphatic carbocycles. The van der Waals surface area contributed by atoms with Gasteiger partial charge in [0.1, 0.15) is 5.76 Å². The maximum atomic E-state index is 11.6. The number of carbonyl (C=O) groups is 1. The van der Waals surface area contributed by atoms with Crippen molar-refractivity contribution < 1.29 is 14.4 Å². The standard InChI is InChI=1S/C13H11NO3/c15-13(9-8-12-7-4-10-17-12)14(16)11-5-2-1-3-6-11/h1-10,16H. The first-order valence-electron chi connectivity index (χ1n) is 5.07. The lowest BCUT2D eigenvalue weighted by molar-refractivity contribution is -0.118. The molecule has 2 aromatic rings. The molecule has 1 heterocycles. The first-order valence-corrected chi connectivity index (χ1v) is 5.07. The number of rotatable bonds is 3. The molecular weight excluding hydrogens is 218 g/mol. The van der Waals surface area contributed by atoms with Crippen LogP contribution in [-0.4, -0.2) is 11.1 Å². The van der Waals surface area contributed by atoms with Crippen LogP contribution in [-0.2, 0) is 4.79 Å². The van der Waals surface area contributed by atoms with E-state index in [-0.39, 0.29) is 0 Å². The van der Waals surface area contributed by atoms with Crippen LogP contribution in [0.1, 0.15) is 5.76 Å². The smallest absolute Gasteiger partial charge is 0.274 e. The quantitative estimate of drug-likeness (QED) is 0.500. The largest absolute Gasteiger partial charge is 0.465 e. The summed E-state index contributed by atoms with van der Waals surface area (Å²) in [5.74, 6) is 0.0208. The molecule has 1 amide bonds. The third kappa shape index (κ3) is 2.83. The third-order valence-electron chi connectivity index (χ3n) is 2.14. The molecule has 0 spiro atoms. The fraction of sp³-hybridized carbons (Fsp3) is 0. The number of carbonyl (C=O) groups excluding carboxylic acids is 1. The molecule has 0 bridgehead atoms. The van der Waals surface area contributed by atoms with Gasteiger partial charge in [0.15, 0.2) is 0 Å². The van der Waals surface area contributed by atoms with E-state index in [0.29, 0.717) is 16.5 Å². The highest BCUT2D eigenvalue weighted by Crippen LogP contribution is 2.11. The zero-order valence-electron chi connectivity index (χ0n) is 8.98. The van der Waals surface area contributed by atoms with Crippen molar-refractivity contribution in [2.75, 3.05) is 5.06 Å². The van der Waals surface area contributed by atoms with Crippen LogP contribution in [0.4, 0.5) is 5.69 Å². The first kappa shape index (κ1) is 11.2. The number of benzene rings is 1. The van der Waals surface area contributed by atoms with Crippen molar-refractivity contribution in [3.63, 3.8) is 0 Å². The third-order valence-corrected chi connectivity index (χ3v) is 2.14. The van der Waals surface area contributed by atoms with Crippen LogP contribution in [0.25, 0.3) is 6.08 Å². The van der Waals surface area contributed by atoms with Crippen LogP contribution in [0, 0.1) is 0 Å². The summed E-state index contributed by atoms with van der Waals surface area (Å²) in [7, 11) is 0. The molecule has 1 N–H and O–H groups in total. The molecule has 0 saturated heterocycles. The second-order valence-corrected chi connectivity index (χ2v) is 3.33. The van der Waals surface area contributed by atoms with Gasteiger partial charge in [0, 0.05) is 6.08 Å². The molecule has 0 fully saturated rings. The molecule has 4 heteroatoms. The van der Waals surface area contributed by atoms with Gasteiger partial charge in [-0.3, -0.25) is 10.0 Å². The lowest BCUT2D eigenvalue weighted by Gasteiger charge is -2.11. The van der Waals surface area contributed by atoms with Gasteiger partial charge in [-0.05, 0) is 30.3 Å². The van der Waals surface area contributed by atoms with Gasteiger partial charge in [0.2, 0.25) is 0 Å². The summed E-state index contributed by atoms with van der Waals surface area (Å²) in [6.45, 7) is 0. The second-order valence-electron chi connectivity index (χ2n) is 3.33. The Morgan fingerprint density at radius 3 is 2.59 bits per heavy atom. The van der Waals surface area contributed by atoms with Crippen LogP contribution in [0.15, 0.2) is 59.2 Å². The number of furan rings is 1. The summed E-state index contributed by atoms with van der Waals surface area (Å²) in [4.78, 5) is 11.6. The van der Waals surface area contributed by atoms with Gasteiger partial charge in [-0.1, -0.05) is 18.2 Å². The van der Waals surface area contributed by atoms with Gasteiger partial charge in [-0.25, -0.2) is 0 Å². The van der Waals surface area contributed by atoms with Gasteiger partial charge in [-0.2, -0.15) is 5.06 Å². The van der Waals surface area contributed by atoms with E-state index < -0.39 is 5.91 Å². The molecule has 0 aliphatic heterocycles. The number of hydrogen-bond donors (Lipinski definition) is 1. The molecule has 0 saturated carbocycles. The fourth-order valence-electron chi connectivity index (χ4n) is 1.31. The molecule has 1 aromatic carbocycles. The summed E-state index contributed by atoms with van der Waals surface area (Å²) in [6, 6.07) is 12.0. The number of amides is 1. The lowest BCUT2D eigenvalue weighted by atomic mass is 10.3. The van der Waals surface area contributed by atoms with Crippen LogP contribution < -0.4 is 5.06 Å². The molecule has 0 radical (unpaired) electrons. The predicted molar refractivity (Wildman–Crippen MR) is 63.5 cm³/mol. The Kier molecular flexibility index (Phi) is 3.37. The van der Waals surface area contributed by atoms with E-state index >= 15 is 0 Å². The molecule has 0 aliphatic rings. The number of hydroxylamine groups is 1. The van der Waals surface area contributed by atoms with Crippen molar-refractivity contribution in [1.29, 1.82) is 0 Å². The van der Waals surface area contributed by atoms with E-state index in [0.717, 1.165) is 0 Å². The molecule has 4 nitrogen and oxygen atoms in total. The van der Waals surface area contributed by atoms with Crippen molar-refractivity contribution in [2.24, 2.45) is 0 Å². The zero-order valence-corrected chi connectivity index (χ0v) is 8.98. The Balaban J connectivity index is 2.06. The van der Waals surface area contributed by atoms with Gasteiger partial charge >= 0.3 is 0 Å². The maximum Gasteiger partial charge on any atom is 0.274 e. The van der Waals surface area contributed by atoms with Crippen molar-refractivity contribution >= 4 is 17.7 Å². The van der Waals surface area contributed by atoms with Gasteiger partial charge in [0.25, 0.3) is 5.91 Å². The first-order chi connectivity index (χ1) is 8.27. The van der Waals surface area contributed by atoms with Crippen molar-refractivity contribution in [2.45, 2.75) is 0 Å². The zero-order chi connectivity index (χ0) is 12.1. The van der Waals surface area contributed by atoms with E-state index in [1.165, 1.54) is 18.4 Å². The minimum Gasteiger partial charge on any atom is -0.465 e. The van der Waals surface area contributed by atoms with Gasteiger partial charge in [0.05, 0.1) is 12.0 Å². The van der Waals surface area contributed by atoms with Gasteiger partial charge < -0.3 is 4.42 Å². The number of para-hydroxylation sites is 1. The average molecular weight is 229 g/mol. The predicted octanol–water partition coefficient (Wildman–Crippen LogP) is 2.72. The highest BCUT2D eigenvalue weighted by atomic mass is 16.5. The molecule has 1 aromatic heterocycles. The van der Waals surface area contributed by atoms with Crippen molar-refractivity contribution in [3.05, 3.63) is 60.6 Å². The normalized spacial score (nSPS) is 10.6. The minimum absolute atomic E-state index is 0.418. The SMILES string of the molecule is O=C(C=Cc1ccco1)N(O)c1ccccc1. The molecule has 17 heavy (non-hydrogen) atoms. The molecule has 2 rings (SSSR count). The molecule has 0 atom stereocenters. The lowest BCUT2D eigenvalue weighted by Crippen LogP contribution is -2.24. The summed E-state index contributed by atoms with van der Waals surface area (Å²) in [6.07, 6.45) is 4.25. The van der Waals surface area contributed by atoms with Crippen LogP contribution in [0.2, 0.25) is 0 Å². The van der Waals surface area contributed by atoms with E-state index in [9.17, 15) is 10.0 Å². The number of hydrogen-bond acceptors (Lipinski definition) is 3. The minimum atomic E-state index is -0.535. The van der Waals surface area contributed by atoms with Crippen LogP contribution >= 0.6 is 0 Å². The highest BCUT2D eigenvalue weighted by molar-refractivity contribution is 6.01. The summed E-state index contributed by atoms with van der Waals surface area (Å²) in [5, 5.41) is 10.2. The highest BCUT2D eigenvalue weighted by Gasteiger charge is 2.08. The summed E-state index contributed by atoms with van der Waals surface area (Å²) < 4.78 is 5.03. The molecule has 0 unspecified atom stereocenters. The van der Waals surface area contributed by atoms with E-state index in [1.807, 2.05) is 0 Å². The second kappa shape index (κ2) is 5.14. The van der Waals surface area contributed by atoms with Gasteiger partial charge in [-0.15, -0.1) is 0 Å². The summed E-state index contributed by atoms with van der Waals surface area (Å²) >= 11 is 0. The molecular formula is C13H11NO3. The average Bonchev–Trinajstić information content (AvgIpc) is 2.89. The maximum absolute atomic E-state index is 11.6. The Morgan fingerprint density at radius 1 is 1.18 bits per heavy atom. The Bertz CT molecular complexity index is 503. The van der Waals surface area contributed by atoms with Crippen LogP contribution in [0.5, 0.6) is 0 Å². The topological polar surface area (TPSA) is 53.7 Å². The Morgan fingerprint density at radius 2 is 1.94 bits per heavy atom. The Labute approximate surface area is 98.4 Å². The van der Waals surface area contributed by atoms with Crippen LogP contribution in [0.3, 0.4) is 0 Å². The van der Waals surface area contributed by atoms with E-state index in [2.05, 4.69) is 0 Å². The van der Waals surface area contributed by atoms with E-state index in [4.69, 9.17) is 4.42 Å². The van der Waals surface area contributed by atoms with E-state index in [1.54, 1.807) is 42.5 Å². The monoisotopic (exact) mass is 229 g/mol. The van der Waals surface area contributed by atoms with Crippen molar-refractivity contribution in [3.8, 4) is 0 Å².